The summed E-state index contributed by atoms with van der Waals surface area (Å²) in [7, 11) is 0. The lowest BCUT2D eigenvalue weighted by Crippen LogP contribution is -2.41. The van der Waals surface area contributed by atoms with Crippen molar-refractivity contribution in [2.75, 3.05) is 0 Å². The van der Waals surface area contributed by atoms with Crippen molar-refractivity contribution < 1.29 is 19.8 Å². The van der Waals surface area contributed by atoms with Crippen LogP contribution in [0.5, 0.6) is 0 Å². The molecule has 2 fully saturated rings. The number of hydrogen-bond acceptors (Lipinski definition) is 2. The van der Waals surface area contributed by atoms with Crippen LogP contribution in [-0.4, -0.2) is 22.2 Å². The molecule has 5 unspecified atom stereocenters. The number of fused-ring (bicyclic) bond motifs is 1. The van der Waals surface area contributed by atoms with Gasteiger partial charge in [-0.15, -0.1) is 0 Å². The zero-order chi connectivity index (χ0) is 12.6. The summed E-state index contributed by atoms with van der Waals surface area (Å²) in [4.78, 5) is 22.3. The van der Waals surface area contributed by atoms with Crippen molar-refractivity contribution in [3.8, 4) is 0 Å². The number of carboxylic acid groups (broad SMARTS) is 2. The molecule has 2 N–H and O–H groups in total. The van der Waals surface area contributed by atoms with Gasteiger partial charge in [-0.05, 0) is 49.9 Å². The van der Waals surface area contributed by atoms with Crippen LogP contribution in [0, 0.1) is 29.6 Å². The summed E-state index contributed by atoms with van der Waals surface area (Å²) in [5.74, 6) is -0.998. The maximum absolute atomic E-state index is 11.3. The standard InChI is InChI=1S/C13H20O4/c1-7-4-9-6-8(12(14)15)2-3-10(9)11(5-7)13(16)17/h7-11H,2-6H2,1H3,(H,14,15)(H,16,17). The molecule has 0 amide bonds. The van der Waals surface area contributed by atoms with Crippen LogP contribution < -0.4 is 0 Å². The lowest BCUT2D eigenvalue weighted by atomic mass is 9.60. The second kappa shape index (κ2) is 4.67. The van der Waals surface area contributed by atoms with Crippen LogP contribution in [0.25, 0.3) is 0 Å². The van der Waals surface area contributed by atoms with E-state index in [0.717, 1.165) is 19.3 Å². The molecule has 0 saturated heterocycles. The highest BCUT2D eigenvalue weighted by Crippen LogP contribution is 2.47. The quantitative estimate of drug-likeness (QED) is 0.776. The first-order chi connectivity index (χ1) is 7.99. The fourth-order valence-electron chi connectivity index (χ4n) is 3.82. The minimum Gasteiger partial charge on any atom is -0.481 e. The van der Waals surface area contributed by atoms with Crippen LogP contribution in [-0.2, 0) is 9.59 Å². The number of carbonyl (C=O) groups is 2. The van der Waals surface area contributed by atoms with E-state index in [1.54, 1.807) is 0 Å². The van der Waals surface area contributed by atoms with Gasteiger partial charge in [0.05, 0.1) is 11.8 Å². The minimum absolute atomic E-state index is 0.208. The van der Waals surface area contributed by atoms with Gasteiger partial charge in [-0.3, -0.25) is 9.59 Å². The van der Waals surface area contributed by atoms with E-state index in [2.05, 4.69) is 6.92 Å². The van der Waals surface area contributed by atoms with E-state index in [1.807, 2.05) is 0 Å². The Morgan fingerprint density at radius 3 is 2.29 bits per heavy atom. The first-order valence-electron chi connectivity index (χ1n) is 6.44. The fraction of sp³-hybridized carbons (Fsp3) is 0.846. The average Bonchev–Trinajstić information content (AvgIpc) is 2.26. The highest BCUT2D eigenvalue weighted by Gasteiger charge is 2.44. The third-order valence-corrected chi connectivity index (χ3v) is 4.59. The Morgan fingerprint density at radius 1 is 1.00 bits per heavy atom. The van der Waals surface area contributed by atoms with Crippen molar-refractivity contribution >= 4 is 11.9 Å². The summed E-state index contributed by atoms with van der Waals surface area (Å²) >= 11 is 0. The zero-order valence-electron chi connectivity index (χ0n) is 10.1. The SMILES string of the molecule is CC1CC2CC(C(=O)O)CCC2C(C(=O)O)C1. The third-order valence-electron chi connectivity index (χ3n) is 4.59. The molecule has 2 saturated carbocycles. The van der Waals surface area contributed by atoms with E-state index < -0.39 is 11.9 Å². The van der Waals surface area contributed by atoms with Crippen molar-refractivity contribution in [3.63, 3.8) is 0 Å². The summed E-state index contributed by atoms with van der Waals surface area (Å²) in [6.45, 7) is 2.08. The Balaban J connectivity index is 2.10. The van der Waals surface area contributed by atoms with Crippen molar-refractivity contribution in [1.29, 1.82) is 0 Å². The summed E-state index contributed by atoms with van der Waals surface area (Å²) in [6, 6.07) is 0. The van der Waals surface area contributed by atoms with Gasteiger partial charge < -0.3 is 10.2 Å². The molecule has 5 atom stereocenters. The normalized spacial score (nSPS) is 41.6. The Labute approximate surface area is 101 Å². The van der Waals surface area contributed by atoms with Gasteiger partial charge in [-0.25, -0.2) is 0 Å². The van der Waals surface area contributed by atoms with Gasteiger partial charge >= 0.3 is 11.9 Å². The largest absolute Gasteiger partial charge is 0.481 e. The summed E-state index contributed by atoms with van der Waals surface area (Å²) in [6.07, 6.45) is 3.85. The van der Waals surface area contributed by atoms with Crippen molar-refractivity contribution in [2.24, 2.45) is 29.6 Å². The van der Waals surface area contributed by atoms with E-state index in [1.165, 1.54) is 0 Å². The summed E-state index contributed by atoms with van der Waals surface area (Å²) < 4.78 is 0. The second-order valence-electron chi connectivity index (χ2n) is 5.79. The predicted octanol–water partition coefficient (Wildman–Crippen LogP) is 2.23. The third kappa shape index (κ3) is 2.45. The highest BCUT2D eigenvalue weighted by atomic mass is 16.4. The van der Waals surface area contributed by atoms with Crippen molar-refractivity contribution in [3.05, 3.63) is 0 Å². The molecule has 0 radical (unpaired) electrons. The smallest absolute Gasteiger partial charge is 0.306 e. The van der Waals surface area contributed by atoms with Crippen LogP contribution in [0.2, 0.25) is 0 Å². The minimum atomic E-state index is -0.714. The van der Waals surface area contributed by atoms with Gasteiger partial charge in [0, 0.05) is 0 Å². The molecule has 17 heavy (non-hydrogen) atoms. The van der Waals surface area contributed by atoms with Gasteiger partial charge in [0.15, 0.2) is 0 Å². The van der Waals surface area contributed by atoms with E-state index in [0.29, 0.717) is 24.7 Å². The summed E-state index contributed by atoms with van der Waals surface area (Å²) in [5, 5.41) is 18.3. The van der Waals surface area contributed by atoms with E-state index in [9.17, 15) is 14.7 Å². The van der Waals surface area contributed by atoms with E-state index in [4.69, 9.17) is 5.11 Å². The molecule has 0 bridgehead atoms. The second-order valence-corrected chi connectivity index (χ2v) is 5.79. The molecule has 2 rings (SSSR count). The van der Waals surface area contributed by atoms with Crippen LogP contribution in [0.15, 0.2) is 0 Å². The van der Waals surface area contributed by atoms with Gasteiger partial charge in [0.25, 0.3) is 0 Å². The maximum atomic E-state index is 11.3. The summed E-state index contributed by atoms with van der Waals surface area (Å²) in [5.41, 5.74) is 0. The number of aliphatic carboxylic acids is 2. The Morgan fingerprint density at radius 2 is 1.71 bits per heavy atom. The van der Waals surface area contributed by atoms with Crippen LogP contribution in [0.4, 0.5) is 0 Å². The van der Waals surface area contributed by atoms with Gasteiger partial charge in [0.2, 0.25) is 0 Å². The van der Waals surface area contributed by atoms with Crippen molar-refractivity contribution in [2.45, 2.75) is 39.0 Å². The first-order valence-corrected chi connectivity index (χ1v) is 6.44. The van der Waals surface area contributed by atoms with Crippen LogP contribution in [0.3, 0.4) is 0 Å². The molecule has 0 aliphatic heterocycles. The van der Waals surface area contributed by atoms with Crippen LogP contribution >= 0.6 is 0 Å². The molecule has 96 valence electrons. The van der Waals surface area contributed by atoms with Gasteiger partial charge in [-0.2, -0.15) is 0 Å². The van der Waals surface area contributed by atoms with Crippen LogP contribution in [0.1, 0.15) is 39.0 Å². The molecule has 2 aliphatic carbocycles. The molecular weight excluding hydrogens is 220 g/mol. The molecule has 4 heteroatoms. The fourth-order valence-corrected chi connectivity index (χ4v) is 3.82. The highest BCUT2D eigenvalue weighted by molar-refractivity contribution is 5.71. The number of carboxylic acids is 2. The Hall–Kier alpha value is -1.06. The number of rotatable bonds is 2. The topological polar surface area (TPSA) is 74.6 Å². The molecule has 0 aromatic heterocycles. The lowest BCUT2D eigenvalue weighted by molar-refractivity contribution is -0.150. The van der Waals surface area contributed by atoms with Gasteiger partial charge in [-0.1, -0.05) is 6.92 Å². The molecule has 0 aromatic carbocycles. The Bertz CT molecular complexity index is 325. The first kappa shape index (κ1) is 12.4. The maximum Gasteiger partial charge on any atom is 0.306 e. The number of hydrogen-bond donors (Lipinski definition) is 2. The van der Waals surface area contributed by atoms with E-state index in [-0.39, 0.29) is 17.8 Å². The molecular formula is C13H20O4. The average molecular weight is 240 g/mol. The lowest BCUT2D eigenvalue weighted by Gasteiger charge is -2.43. The Kier molecular flexibility index (Phi) is 3.40. The zero-order valence-corrected chi connectivity index (χ0v) is 10.1. The molecule has 0 heterocycles. The predicted molar refractivity (Wildman–Crippen MR) is 61.5 cm³/mol. The monoisotopic (exact) mass is 240 g/mol. The van der Waals surface area contributed by atoms with Gasteiger partial charge in [0.1, 0.15) is 0 Å². The van der Waals surface area contributed by atoms with E-state index >= 15 is 0 Å². The van der Waals surface area contributed by atoms with Crippen molar-refractivity contribution in [1.82, 2.24) is 0 Å². The molecule has 4 nitrogen and oxygen atoms in total. The molecule has 2 aliphatic rings. The molecule has 0 aromatic rings. The molecule has 0 spiro atoms.